The molecule has 21 heavy (non-hydrogen) atoms. The molecule has 2 aromatic rings. The van der Waals surface area contributed by atoms with Crippen LogP contribution in [-0.2, 0) is 6.42 Å². The highest BCUT2D eigenvalue weighted by molar-refractivity contribution is 5.57. The van der Waals surface area contributed by atoms with Crippen LogP contribution in [0.3, 0.4) is 0 Å². The fourth-order valence-corrected chi connectivity index (χ4v) is 2.91. The molecule has 0 saturated heterocycles. The van der Waals surface area contributed by atoms with Crippen LogP contribution < -0.4 is 9.64 Å². The van der Waals surface area contributed by atoms with Crippen molar-refractivity contribution >= 4 is 5.69 Å². The summed E-state index contributed by atoms with van der Waals surface area (Å²) < 4.78 is 5.14. The number of methoxy groups -OCH3 is 1. The van der Waals surface area contributed by atoms with Gasteiger partial charge in [0.25, 0.3) is 0 Å². The molecule has 3 nitrogen and oxygen atoms in total. The maximum Gasteiger partial charge on any atom is 0.118 e. The van der Waals surface area contributed by atoms with Crippen LogP contribution in [-0.4, -0.2) is 25.3 Å². The van der Waals surface area contributed by atoms with Gasteiger partial charge in [0.05, 0.1) is 13.2 Å². The van der Waals surface area contributed by atoms with Gasteiger partial charge >= 0.3 is 0 Å². The summed E-state index contributed by atoms with van der Waals surface area (Å²) >= 11 is 0. The van der Waals surface area contributed by atoms with Gasteiger partial charge in [0.15, 0.2) is 0 Å². The molecule has 0 radical (unpaired) electrons. The van der Waals surface area contributed by atoms with Crippen molar-refractivity contribution in [1.29, 1.82) is 0 Å². The van der Waals surface area contributed by atoms with Gasteiger partial charge in [-0.25, -0.2) is 0 Å². The standard InChI is InChI=1S/C18H21NO2/c1-21-16-8-6-15(7-9-16)18(20)11-13-19-12-10-14-4-2-3-5-17(14)19/h2-9,18,20H,10-13H2,1H3. The molecule has 1 aliphatic rings. The SMILES string of the molecule is COc1ccc(C(O)CCN2CCc3ccccc32)cc1. The van der Waals surface area contributed by atoms with Crippen molar-refractivity contribution in [2.24, 2.45) is 0 Å². The van der Waals surface area contributed by atoms with E-state index >= 15 is 0 Å². The molecule has 110 valence electrons. The van der Waals surface area contributed by atoms with Crippen molar-refractivity contribution in [3.63, 3.8) is 0 Å². The van der Waals surface area contributed by atoms with Crippen LogP contribution in [0.5, 0.6) is 5.75 Å². The molecule has 1 N–H and O–H groups in total. The quantitative estimate of drug-likeness (QED) is 0.915. The maximum atomic E-state index is 10.3. The van der Waals surface area contributed by atoms with E-state index in [9.17, 15) is 5.11 Å². The molecule has 1 aliphatic heterocycles. The van der Waals surface area contributed by atoms with Crippen LogP contribution in [0.25, 0.3) is 0 Å². The lowest BCUT2D eigenvalue weighted by Gasteiger charge is -2.21. The van der Waals surface area contributed by atoms with Crippen LogP contribution in [0.15, 0.2) is 48.5 Å². The predicted octanol–water partition coefficient (Wildman–Crippen LogP) is 3.18. The summed E-state index contributed by atoms with van der Waals surface area (Å²) in [4.78, 5) is 2.36. The zero-order valence-corrected chi connectivity index (χ0v) is 12.3. The molecular formula is C18H21NO2. The van der Waals surface area contributed by atoms with Gasteiger partial charge in [0.2, 0.25) is 0 Å². The lowest BCUT2D eigenvalue weighted by Crippen LogP contribution is -2.23. The Labute approximate surface area is 125 Å². The minimum Gasteiger partial charge on any atom is -0.497 e. The molecular weight excluding hydrogens is 262 g/mol. The first-order valence-electron chi connectivity index (χ1n) is 7.43. The van der Waals surface area contributed by atoms with E-state index in [1.165, 1.54) is 11.3 Å². The summed E-state index contributed by atoms with van der Waals surface area (Å²) in [6, 6.07) is 16.2. The normalized spacial score (nSPS) is 14.9. The molecule has 1 unspecified atom stereocenters. The van der Waals surface area contributed by atoms with Crippen LogP contribution in [0, 0.1) is 0 Å². The number of aliphatic hydroxyl groups excluding tert-OH is 1. The van der Waals surface area contributed by atoms with Gasteiger partial charge in [0.1, 0.15) is 5.75 Å². The van der Waals surface area contributed by atoms with Gasteiger partial charge in [0, 0.05) is 18.8 Å². The van der Waals surface area contributed by atoms with Gasteiger partial charge in [-0.05, 0) is 42.2 Å². The Balaban J connectivity index is 1.60. The van der Waals surface area contributed by atoms with Crippen molar-refractivity contribution < 1.29 is 9.84 Å². The number of anilines is 1. The molecule has 0 spiro atoms. The summed E-state index contributed by atoms with van der Waals surface area (Å²) in [6.45, 7) is 1.93. The monoisotopic (exact) mass is 283 g/mol. The molecule has 0 saturated carbocycles. The molecule has 2 aromatic carbocycles. The number of aliphatic hydroxyl groups is 1. The maximum absolute atomic E-state index is 10.3. The van der Waals surface area contributed by atoms with Crippen molar-refractivity contribution in [2.75, 3.05) is 25.1 Å². The number of fused-ring (bicyclic) bond motifs is 1. The largest absolute Gasteiger partial charge is 0.497 e. The Morgan fingerprint density at radius 1 is 1.14 bits per heavy atom. The van der Waals surface area contributed by atoms with E-state index in [1.54, 1.807) is 7.11 Å². The molecule has 3 heteroatoms. The second kappa shape index (κ2) is 6.19. The lowest BCUT2D eigenvalue weighted by molar-refractivity contribution is 0.169. The van der Waals surface area contributed by atoms with E-state index in [0.717, 1.165) is 37.2 Å². The van der Waals surface area contributed by atoms with Crippen molar-refractivity contribution in [3.8, 4) is 5.75 Å². The van der Waals surface area contributed by atoms with E-state index in [-0.39, 0.29) is 0 Å². The molecule has 0 amide bonds. The summed E-state index contributed by atoms with van der Waals surface area (Å²) in [5, 5.41) is 10.3. The van der Waals surface area contributed by atoms with Crippen molar-refractivity contribution in [3.05, 3.63) is 59.7 Å². The van der Waals surface area contributed by atoms with Gasteiger partial charge < -0.3 is 14.7 Å². The Bertz CT molecular complexity index is 594. The molecule has 3 rings (SSSR count). The smallest absolute Gasteiger partial charge is 0.118 e. The first-order valence-corrected chi connectivity index (χ1v) is 7.43. The first-order chi connectivity index (χ1) is 10.3. The number of benzene rings is 2. The van der Waals surface area contributed by atoms with Crippen molar-refractivity contribution in [1.82, 2.24) is 0 Å². The summed E-state index contributed by atoms with van der Waals surface area (Å²) in [7, 11) is 1.65. The number of para-hydroxylation sites is 1. The van der Waals surface area contributed by atoms with E-state index in [4.69, 9.17) is 4.74 Å². The molecule has 0 aromatic heterocycles. The highest BCUT2D eigenvalue weighted by atomic mass is 16.5. The highest BCUT2D eigenvalue weighted by Gasteiger charge is 2.19. The lowest BCUT2D eigenvalue weighted by atomic mass is 10.1. The molecule has 0 aliphatic carbocycles. The molecule has 1 atom stereocenters. The third kappa shape index (κ3) is 3.03. The number of rotatable bonds is 5. The minimum atomic E-state index is -0.427. The molecule has 0 fully saturated rings. The number of hydrogen-bond donors (Lipinski definition) is 1. The number of hydrogen-bond acceptors (Lipinski definition) is 3. The summed E-state index contributed by atoms with van der Waals surface area (Å²) in [5.74, 6) is 0.819. The third-order valence-electron chi connectivity index (χ3n) is 4.16. The Hall–Kier alpha value is -2.00. The molecule has 1 heterocycles. The van der Waals surface area contributed by atoms with E-state index in [0.29, 0.717) is 0 Å². The fourth-order valence-electron chi connectivity index (χ4n) is 2.91. The fraction of sp³-hybridized carbons (Fsp3) is 0.333. The van der Waals surface area contributed by atoms with E-state index in [2.05, 4.69) is 29.2 Å². The first kappa shape index (κ1) is 14.0. The summed E-state index contributed by atoms with van der Waals surface area (Å²) in [5.41, 5.74) is 3.68. The zero-order chi connectivity index (χ0) is 14.7. The van der Waals surface area contributed by atoms with Crippen LogP contribution in [0.2, 0.25) is 0 Å². The summed E-state index contributed by atoms with van der Waals surface area (Å²) in [6.07, 6.45) is 1.42. The van der Waals surface area contributed by atoms with Crippen LogP contribution in [0.1, 0.15) is 23.7 Å². The average Bonchev–Trinajstić information content (AvgIpc) is 2.96. The van der Waals surface area contributed by atoms with Crippen molar-refractivity contribution in [2.45, 2.75) is 18.9 Å². The second-order valence-electron chi connectivity index (χ2n) is 5.44. The Kier molecular flexibility index (Phi) is 4.11. The number of nitrogens with zero attached hydrogens (tertiary/aromatic N) is 1. The van der Waals surface area contributed by atoms with Gasteiger partial charge in [-0.1, -0.05) is 30.3 Å². The minimum absolute atomic E-state index is 0.427. The zero-order valence-electron chi connectivity index (χ0n) is 12.3. The Morgan fingerprint density at radius 3 is 2.67 bits per heavy atom. The highest BCUT2D eigenvalue weighted by Crippen LogP contribution is 2.29. The Morgan fingerprint density at radius 2 is 1.90 bits per heavy atom. The second-order valence-corrected chi connectivity index (χ2v) is 5.44. The van der Waals surface area contributed by atoms with Crippen LogP contribution >= 0.6 is 0 Å². The number of ether oxygens (including phenoxy) is 1. The van der Waals surface area contributed by atoms with Gasteiger partial charge in [-0.3, -0.25) is 0 Å². The molecule has 0 bridgehead atoms. The topological polar surface area (TPSA) is 32.7 Å². The van der Waals surface area contributed by atoms with Gasteiger partial charge in [-0.15, -0.1) is 0 Å². The average molecular weight is 283 g/mol. The van der Waals surface area contributed by atoms with Gasteiger partial charge in [-0.2, -0.15) is 0 Å². The van der Waals surface area contributed by atoms with E-state index < -0.39 is 6.10 Å². The predicted molar refractivity (Wildman–Crippen MR) is 84.9 cm³/mol. The van der Waals surface area contributed by atoms with E-state index in [1.807, 2.05) is 24.3 Å². The van der Waals surface area contributed by atoms with Crippen LogP contribution in [0.4, 0.5) is 5.69 Å². The third-order valence-corrected chi connectivity index (χ3v) is 4.16.